The molecule has 1 atom stereocenters. The minimum atomic E-state index is -0.665. The molecular formula is C15H16N2O3. The molecule has 104 valence electrons. The van der Waals surface area contributed by atoms with E-state index in [2.05, 4.69) is 10.3 Å². The molecule has 0 aliphatic rings. The Morgan fingerprint density at radius 2 is 2.05 bits per heavy atom. The Bertz CT molecular complexity index is 612. The van der Waals surface area contributed by atoms with E-state index in [1.165, 1.54) is 7.11 Å². The monoisotopic (exact) mass is 272 g/mol. The zero-order valence-electron chi connectivity index (χ0n) is 11.3. The van der Waals surface area contributed by atoms with Gasteiger partial charge in [0.15, 0.2) is 0 Å². The van der Waals surface area contributed by atoms with Crippen LogP contribution in [0.15, 0.2) is 42.6 Å². The molecule has 2 N–H and O–H groups in total. The van der Waals surface area contributed by atoms with E-state index in [9.17, 15) is 9.90 Å². The molecule has 0 fully saturated rings. The van der Waals surface area contributed by atoms with Crippen LogP contribution in [0.3, 0.4) is 0 Å². The number of benzene rings is 1. The van der Waals surface area contributed by atoms with Gasteiger partial charge in [-0.2, -0.15) is 0 Å². The SMILES string of the molecule is COc1ncccc1C(=O)Nc1ccccc1C(C)O. The number of aliphatic hydroxyl groups is 1. The predicted octanol–water partition coefficient (Wildman–Crippen LogP) is 2.40. The van der Waals surface area contributed by atoms with Crippen LogP contribution in [0.5, 0.6) is 5.88 Å². The number of anilines is 1. The third-order valence-electron chi connectivity index (χ3n) is 2.87. The Labute approximate surface area is 117 Å². The second kappa shape index (κ2) is 6.16. The Morgan fingerprint density at radius 3 is 2.75 bits per heavy atom. The summed E-state index contributed by atoms with van der Waals surface area (Å²) in [7, 11) is 1.46. The number of para-hydroxylation sites is 1. The van der Waals surface area contributed by atoms with Gasteiger partial charge in [0.2, 0.25) is 5.88 Å². The molecule has 1 aromatic carbocycles. The molecule has 2 aromatic rings. The van der Waals surface area contributed by atoms with Crippen molar-refractivity contribution in [3.05, 3.63) is 53.7 Å². The van der Waals surface area contributed by atoms with E-state index in [0.717, 1.165) is 0 Å². The number of methoxy groups -OCH3 is 1. The summed E-state index contributed by atoms with van der Waals surface area (Å²) in [5, 5.41) is 12.5. The average molecular weight is 272 g/mol. The standard InChI is InChI=1S/C15H16N2O3/c1-10(18)11-6-3-4-8-13(11)17-14(19)12-7-5-9-16-15(12)20-2/h3-10,18H,1-2H3,(H,17,19). The van der Waals surface area contributed by atoms with Crippen LogP contribution < -0.4 is 10.1 Å². The molecule has 2 rings (SSSR count). The summed E-state index contributed by atoms with van der Waals surface area (Å²) in [6.45, 7) is 1.65. The minimum Gasteiger partial charge on any atom is -0.480 e. The van der Waals surface area contributed by atoms with Gasteiger partial charge in [-0.3, -0.25) is 4.79 Å². The van der Waals surface area contributed by atoms with Crippen molar-refractivity contribution in [3.63, 3.8) is 0 Å². The van der Waals surface area contributed by atoms with E-state index < -0.39 is 6.10 Å². The third kappa shape index (κ3) is 2.95. The zero-order chi connectivity index (χ0) is 14.5. The summed E-state index contributed by atoms with van der Waals surface area (Å²) in [5.74, 6) is -0.0671. The van der Waals surface area contributed by atoms with Crippen LogP contribution in [0.2, 0.25) is 0 Å². The molecule has 5 nitrogen and oxygen atoms in total. The average Bonchev–Trinajstić information content (AvgIpc) is 2.47. The lowest BCUT2D eigenvalue weighted by Crippen LogP contribution is -2.15. The number of carbonyl (C=O) groups is 1. The normalized spacial score (nSPS) is 11.8. The molecule has 1 unspecified atom stereocenters. The van der Waals surface area contributed by atoms with Crippen LogP contribution in [0.25, 0.3) is 0 Å². The lowest BCUT2D eigenvalue weighted by atomic mass is 10.1. The molecule has 0 aliphatic heterocycles. The first-order valence-corrected chi connectivity index (χ1v) is 6.21. The third-order valence-corrected chi connectivity index (χ3v) is 2.87. The smallest absolute Gasteiger partial charge is 0.261 e. The van der Waals surface area contributed by atoms with E-state index in [1.807, 2.05) is 6.07 Å². The molecule has 1 heterocycles. The van der Waals surface area contributed by atoms with Gasteiger partial charge in [0.25, 0.3) is 5.91 Å². The lowest BCUT2D eigenvalue weighted by molar-refractivity contribution is 0.102. The highest BCUT2D eigenvalue weighted by atomic mass is 16.5. The first-order valence-electron chi connectivity index (χ1n) is 6.21. The maximum absolute atomic E-state index is 12.3. The summed E-state index contributed by atoms with van der Waals surface area (Å²) in [5.41, 5.74) is 1.57. The second-order valence-corrected chi connectivity index (χ2v) is 4.28. The number of ether oxygens (including phenoxy) is 1. The molecule has 0 aliphatic carbocycles. The molecule has 0 radical (unpaired) electrons. The maximum Gasteiger partial charge on any atom is 0.261 e. The fourth-order valence-corrected chi connectivity index (χ4v) is 1.89. The van der Waals surface area contributed by atoms with E-state index in [0.29, 0.717) is 16.8 Å². The van der Waals surface area contributed by atoms with Crippen molar-refractivity contribution >= 4 is 11.6 Å². The van der Waals surface area contributed by atoms with Crippen LogP contribution >= 0.6 is 0 Å². The van der Waals surface area contributed by atoms with Gasteiger partial charge >= 0.3 is 0 Å². The molecule has 0 saturated carbocycles. The lowest BCUT2D eigenvalue weighted by Gasteiger charge is -2.13. The number of hydrogen-bond acceptors (Lipinski definition) is 4. The molecule has 0 bridgehead atoms. The van der Waals surface area contributed by atoms with E-state index in [4.69, 9.17) is 4.74 Å². The zero-order valence-corrected chi connectivity index (χ0v) is 11.3. The van der Waals surface area contributed by atoms with Crippen molar-refractivity contribution in [2.24, 2.45) is 0 Å². The predicted molar refractivity (Wildman–Crippen MR) is 75.8 cm³/mol. The van der Waals surface area contributed by atoms with Gasteiger partial charge in [-0.1, -0.05) is 18.2 Å². The van der Waals surface area contributed by atoms with Crippen LogP contribution in [-0.4, -0.2) is 23.1 Å². The van der Waals surface area contributed by atoms with E-state index in [-0.39, 0.29) is 11.8 Å². The number of nitrogens with zero attached hydrogens (tertiary/aromatic N) is 1. The Balaban J connectivity index is 2.28. The van der Waals surface area contributed by atoms with Gasteiger partial charge in [-0.15, -0.1) is 0 Å². The number of aliphatic hydroxyl groups excluding tert-OH is 1. The van der Waals surface area contributed by atoms with E-state index in [1.54, 1.807) is 43.5 Å². The fourth-order valence-electron chi connectivity index (χ4n) is 1.89. The van der Waals surface area contributed by atoms with Crippen LogP contribution in [-0.2, 0) is 0 Å². The fraction of sp³-hybridized carbons (Fsp3) is 0.200. The molecule has 1 amide bonds. The van der Waals surface area contributed by atoms with Gasteiger partial charge in [0.1, 0.15) is 5.56 Å². The molecule has 5 heteroatoms. The van der Waals surface area contributed by atoms with Gasteiger partial charge in [0, 0.05) is 17.4 Å². The molecular weight excluding hydrogens is 256 g/mol. The first kappa shape index (κ1) is 14.0. The summed E-state index contributed by atoms with van der Waals surface area (Å²) in [6.07, 6.45) is 0.890. The van der Waals surface area contributed by atoms with Crippen molar-refractivity contribution in [3.8, 4) is 5.88 Å². The summed E-state index contributed by atoms with van der Waals surface area (Å²) in [4.78, 5) is 16.2. The summed E-state index contributed by atoms with van der Waals surface area (Å²) >= 11 is 0. The number of carbonyl (C=O) groups excluding carboxylic acids is 1. The number of pyridine rings is 1. The van der Waals surface area contributed by atoms with Crippen LogP contribution in [0.4, 0.5) is 5.69 Å². The second-order valence-electron chi connectivity index (χ2n) is 4.28. The highest BCUT2D eigenvalue weighted by molar-refractivity contribution is 6.06. The number of nitrogens with one attached hydrogen (secondary N) is 1. The van der Waals surface area contributed by atoms with Crippen LogP contribution in [0, 0.1) is 0 Å². The molecule has 0 spiro atoms. The molecule has 0 saturated heterocycles. The Hall–Kier alpha value is -2.40. The quantitative estimate of drug-likeness (QED) is 0.896. The molecule has 1 aromatic heterocycles. The topological polar surface area (TPSA) is 71.5 Å². The van der Waals surface area contributed by atoms with Crippen molar-refractivity contribution in [2.75, 3.05) is 12.4 Å². The van der Waals surface area contributed by atoms with Crippen molar-refractivity contribution in [1.29, 1.82) is 0 Å². The van der Waals surface area contributed by atoms with Gasteiger partial charge in [-0.25, -0.2) is 4.98 Å². The maximum atomic E-state index is 12.3. The van der Waals surface area contributed by atoms with Crippen molar-refractivity contribution < 1.29 is 14.6 Å². The number of aromatic nitrogens is 1. The summed E-state index contributed by atoms with van der Waals surface area (Å²) < 4.78 is 5.06. The highest BCUT2D eigenvalue weighted by Gasteiger charge is 2.15. The van der Waals surface area contributed by atoms with Gasteiger partial charge in [-0.05, 0) is 25.1 Å². The Morgan fingerprint density at radius 1 is 1.30 bits per heavy atom. The molecule has 20 heavy (non-hydrogen) atoms. The Kier molecular flexibility index (Phi) is 4.32. The van der Waals surface area contributed by atoms with E-state index >= 15 is 0 Å². The number of amides is 1. The highest BCUT2D eigenvalue weighted by Crippen LogP contribution is 2.23. The number of hydrogen-bond donors (Lipinski definition) is 2. The van der Waals surface area contributed by atoms with Crippen LogP contribution in [0.1, 0.15) is 28.9 Å². The van der Waals surface area contributed by atoms with Gasteiger partial charge in [0.05, 0.1) is 13.2 Å². The van der Waals surface area contributed by atoms with Crippen molar-refractivity contribution in [1.82, 2.24) is 4.98 Å². The summed E-state index contributed by atoms with van der Waals surface area (Å²) in [6, 6.07) is 10.4. The minimum absolute atomic E-state index is 0.263. The van der Waals surface area contributed by atoms with Crippen molar-refractivity contribution in [2.45, 2.75) is 13.0 Å². The first-order chi connectivity index (χ1) is 9.63. The largest absolute Gasteiger partial charge is 0.480 e. The number of rotatable bonds is 4. The van der Waals surface area contributed by atoms with Gasteiger partial charge < -0.3 is 15.2 Å².